The van der Waals surface area contributed by atoms with E-state index in [-0.39, 0.29) is 10.8 Å². The van der Waals surface area contributed by atoms with E-state index in [9.17, 15) is 13.2 Å². The van der Waals surface area contributed by atoms with E-state index in [2.05, 4.69) is 15.8 Å². The van der Waals surface area contributed by atoms with Crippen LogP contribution in [0.4, 0.5) is 0 Å². The molecule has 4 aromatic carbocycles. The van der Waals surface area contributed by atoms with Crippen molar-refractivity contribution in [2.45, 2.75) is 22.4 Å². The molecule has 6 rings (SSSR count). The molecule has 2 heterocycles. The molecule has 7 heteroatoms. The maximum Gasteiger partial charge on any atom is 0.261 e. The van der Waals surface area contributed by atoms with Crippen molar-refractivity contribution in [3.8, 4) is 11.1 Å². The van der Waals surface area contributed by atoms with Crippen LogP contribution in [0, 0.1) is 0 Å². The predicted molar refractivity (Wildman–Crippen MR) is 143 cm³/mol. The number of nitrogens with zero attached hydrogens (tertiary/aromatic N) is 1. The van der Waals surface area contributed by atoms with E-state index in [1.165, 1.54) is 0 Å². The average molecular weight is 506 g/mol. The molecule has 1 amide bonds. The van der Waals surface area contributed by atoms with Crippen LogP contribution in [0.2, 0.25) is 0 Å². The fourth-order valence-electron chi connectivity index (χ4n) is 4.81. The van der Waals surface area contributed by atoms with E-state index < -0.39 is 15.9 Å². The molecule has 0 saturated heterocycles. The number of benzene rings is 4. The molecular formula is C30H23N3O3S. The molecule has 0 fully saturated rings. The third kappa shape index (κ3) is 4.18. The maximum absolute atomic E-state index is 13.1. The zero-order valence-electron chi connectivity index (χ0n) is 19.8. The molecule has 0 saturated carbocycles. The zero-order chi connectivity index (χ0) is 25.4. The second kappa shape index (κ2) is 9.28. The van der Waals surface area contributed by atoms with Crippen molar-refractivity contribution in [1.29, 1.82) is 0 Å². The molecule has 0 aliphatic carbocycles. The van der Waals surface area contributed by atoms with E-state index >= 15 is 0 Å². The Morgan fingerprint density at radius 3 is 2.27 bits per heavy atom. The summed E-state index contributed by atoms with van der Waals surface area (Å²) in [7, 11) is -3.57. The molecule has 0 spiro atoms. The molecular weight excluding hydrogens is 482 g/mol. The third-order valence-corrected chi connectivity index (χ3v) is 8.48. The lowest BCUT2D eigenvalue weighted by molar-refractivity contribution is -0.122. The summed E-state index contributed by atoms with van der Waals surface area (Å²) in [5, 5.41) is 7.82. The van der Waals surface area contributed by atoms with Crippen molar-refractivity contribution in [2.24, 2.45) is 5.10 Å². The Morgan fingerprint density at radius 2 is 1.49 bits per heavy atom. The van der Waals surface area contributed by atoms with Crippen molar-refractivity contribution in [3.63, 3.8) is 0 Å². The number of sulfone groups is 1. The van der Waals surface area contributed by atoms with Crippen molar-refractivity contribution in [1.82, 2.24) is 10.7 Å². The summed E-state index contributed by atoms with van der Waals surface area (Å²) in [6.45, 7) is 0.494. The summed E-state index contributed by atoms with van der Waals surface area (Å²) in [4.78, 5) is 13.6. The van der Waals surface area contributed by atoms with Gasteiger partial charge in [0.1, 0.15) is 6.04 Å². The van der Waals surface area contributed by atoms with Crippen LogP contribution in [0.3, 0.4) is 0 Å². The minimum absolute atomic E-state index is 0.254. The van der Waals surface area contributed by atoms with E-state index in [4.69, 9.17) is 0 Å². The monoisotopic (exact) mass is 505 g/mol. The van der Waals surface area contributed by atoms with E-state index in [1.807, 2.05) is 84.9 Å². The summed E-state index contributed by atoms with van der Waals surface area (Å²) in [6, 6.07) is 31.2. The first-order valence-electron chi connectivity index (χ1n) is 11.9. The first kappa shape index (κ1) is 23.1. The summed E-state index contributed by atoms with van der Waals surface area (Å²) >= 11 is 0. The topological polar surface area (TPSA) is 87.6 Å². The summed E-state index contributed by atoms with van der Waals surface area (Å²) in [5.41, 5.74) is 7.97. The molecule has 2 aliphatic rings. The van der Waals surface area contributed by atoms with Crippen LogP contribution in [0.15, 0.2) is 124 Å². The zero-order valence-corrected chi connectivity index (χ0v) is 20.6. The molecule has 6 nitrogen and oxygen atoms in total. The van der Waals surface area contributed by atoms with Crippen LogP contribution in [0.1, 0.15) is 16.7 Å². The number of hydrogen-bond acceptors (Lipinski definition) is 5. The number of rotatable bonds is 5. The molecule has 2 aliphatic heterocycles. The van der Waals surface area contributed by atoms with Gasteiger partial charge in [0.15, 0.2) is 0 Å². The summed E-state index contributed by atoms with van der Waals surface area (Å²) in [5.74, 6) is -0.254. The van der Waals surface area contributed by atoms with Gasteiger partial charge in [0, 0.05) is 28.8 Å². The SMILES string of the molecule is O=C1NN=C(c2ccc3c(c2)-c2ccccc2S3(=O)=O)/C(=C/c2ccccc2)C1NCc1ccccc1. The van der Waals surface area contributed by atoms with Gasteiger partial charge in [0.25, 0.3) is 5.91 Å². The van der Waals surface area contributed by atoms with Gasteiger partial charge in [-0.25, -0.2) is 13.8 Å². The quantitative estimate of drug-likeness (QED) is 0.366. The van der Waals surface area contributed by atoms with Crippen molar-refractivity contribution in [3.05, 3.63) is 125 Å². The van der Waals surface area contributed by atoms with Crippen molar-refractivity contribution < 1.29 is 13.2 Å². The van der Waals surface area contributed by atoms with Crippen molar-refractivity contribution >= 4 is 27.5 Å². The van der Waals surface area contributed by atoms with E-state index in [0.29, 0.717) is 33.9 Å². The molecule has 0 aromatic heterocycles. The van der Waals surface area contributed by atoms with Gasteiger partial charge in [-0.2, -0.15) is 5.10 Å². The fraction of sp³-hybridized carbons (Fsp3) is 0.0667. The predicted octanol–water partition coefficient (Wildman–Crippen LogP) is 4.58. The van der Waals surface area contributed by atoms with Gasteiger partial charge in [-0.05, 0) is 35.4 Å². The minimum atomic E-state index is -3.57. The molecule has 0 radical (unpaired) electrons. The fourth-order valence-corrected chi connectivity index (χ4v) is 6.48. The summed E-state index contributed by atoms with van der Waals surface area (Å²) < 4.78 is 26.1. The molecule has 4 aromatic rings. The van der Waals surface area contributed by atoms with E-state index in [1.54, 1.807) is 24.3 Å². The highest BCUT2D eigenvalue weighted by Crippen LogP contribution is 2.43. The lowest BCUT2D eigenvalue weighted by Gasteiger charge is -2.26. The maximum atomic E-state index is 13.1. The third-order valence-electron chi connectivity index (χ3n) is 6.61. The smallest absolute Gasteiger partial charge is 0.261 e. The van der Waals surface area contributed by atoms with Gasteiger partial charge in [0.05, 0.1) is 15.5 Å². The number of hydrogen-bond donors (Lipinski definition) is 2. The van der Waals surface area contributed by atoms with Crippen molar-refractivity contribution in [2.75, 3.05) is 0 Å². The number of carbonyl (C=O) groups excluding carboxylic acids is 1. The Hall–Kier alpha value is -4.33. The molecule has 0 bridgehead atoms. The van der Waals surface area contributed by atoms with Crippen LogP contribution < -0.4 is 10.7 Å². The standard InChI is InChI=1S/C30H23N3O3S/c34-30-29(31-19-21-11-5-2-6-12-21)25(17-20-9-3-1-4-10-20)28(32-33-30)22-15-16-27-24(18-22)23-13-7-8-14-26(23)37(27,35)36/h1-18,29,31H,19H2,(H,33,34)/b25-17-. The lowest BCUT2D eigenvalue weighted by atomic mass is 9.91. The Labute approximate surface area is 215 Å². The Kier molecular flexibility index (Phi) is 5.79. The van der Waals surface area contributed by atoms with Crippen LogP contribution in [-0.2, 0) is 21.2 Å². The molecule has 182 valence electrons. The second-order valence-corrected chi connectivity index (χ2v) is 10.8. The van der Waals surface area contributed by atoms with E-state index in [0.717, 1.165) is 16.7 Å². The average Bonchev–Trinajstić information content (AvgIpc) is 3.16. The Balaban J connectivity index is 1.45. The van der Waals surface area contributed by atoms with Gasteiger partial charge in [-0.3, -0.25) is 10.1 Å². The first-order chi connectivity index (χ1) is 18.0. The molecule has 1 unspecified atom stereocenters. The van der Waals surface area contributed by atoms with Gasteiger partial charge in [-0.1, -0.05) is 84.9 Å². The number of carbonyl (C=O) groups is 1. The summed E-state index contributed by atoms with van der Waals surface area (Å²) in [6.07, 6.45) is 1.96. The molecule has 2 N–H and O–H groups in total. The number of nitrogens with one attached hydrogen (secondary N) is 2. The number of amides is 1. The number of hydrazone groups is 1. The van der Waals surface area contributed by atoms with Gasteiger partial charge < -0.3 is 0 Å². The highest BCUT2D eigenvalue weighted by atomic mass is 32.2. The van der Waals surface area contributed by atoms with Crippen LogP contribution >= 0.6 is 0 Å². The van der Waals surface area contributed by atoms with Crippen LogP contribution in [0.25, 0.3) is 17.2 Å². The van der Waals surface area contributed by atoms with Gasteiger partial charge in [0.2, 0.25) is 9.84 Å². The second-order valence-electron chi connectivity index (χ2n) is 8.96. The normalized spacial score (nSPS) is 18.6. The van der Waals surface area contributed by atoms with Gasteiger partial charge >= 0.3 is 0 Å². The first-order valence-corrected chi connectivity index (χ1v) is 13.4. The molecule has 1 atom stereocenters. The Bertz CT molecular complexity index is 1680. The van der Waals surface area contributed by atoms with Crippen LogP contribution in [-0.4, -0.2) is 26.1 Å². The Morgan fingerprint density at radius 1 is 0.811 bits per heavy atom. The van der Waals surface area contributed by atoms with Crippen LogP contribution in [0.5, 0.6) is 0 Å². The van der Waals surface area contributed by atoms with Gasteiger partial charge in [-0.15, -0.1) is 0 Å². The largest absolute Gasteiger partial charge is 0.298 e. The number of fused-ring (bicyclic) bond motifs is 3. The highest BCUT2D eigenvalue weighted by molar-refractivity contribution is 7.92. The lowest BCUT2D eigenvalue weighted by Crippen LogP contribution is -2.49. The highest BCUT2D eigenvalue weighted by Gasteiger charge is 2.35. The minimum Gasteiger partial charge on any atom is -0.298 e. The molecule has 37 heavy (non-hydrogen) atoms.